The number of carbonyl (C=O) groups excluding carboxylic acids is 2. The molecule has 0 aliphatic carbocycles. The Kier molecular flexibility index (Phi) is 6.47. The van der Waals surface area contributed by atoms with Gasteiger partial charge in [0.15, 0.2) is 6.10 Å². The number of hydrogen-bond donors (Lipinski definition) is 1. The minimum atomic E-state index is -0.980. The molecule has 0 saturated carbocycles. The molecule has 1 atom stereocenters. The quantitative estimate of drug-likeness (QED) is 0.446. The molecule has 0 bridgehead atoms. The zero-order valence-electron chi connectivity index (χ0n) is 16.9. The van der Waals surface area contributed by atoms with Crippen LogP contribution in [0.4, 0.5) is 10.1 Å². The number of anilines is 1. The van der Waals surface area contributed by atoms with E-state index in [2.05, 4.69) is 5.32 Å². The van der Waals surface area contributed by atoms with Crippen LogP contribution in [0, 0.1) is 19.7 Å². The fraction of sp³-hybridized carbons (Fsp3) is 0.167. The van der Waals surface area contributed by atoms with E-state index < -0.39 is 23.8 Å². The summed E-state index contributed by atoms with van der Waals surface area (Å²) in [6.45, 7) is 5.28. The molecule has 2 aromatic carbocycles. The normalized spacial score (nSPS) is 12.0. The molecular weight excluding hydrogens is 385 g/mol. The molecule has 0 unspecified atom stereocenters. The molecule has 1 N–H and O–H groups in total. The van der Waals surface area contributed by atoms with Gasteiger partial charge in [-0.25, -0.2) is 9.18 Å². The summed E-state index contributed by atoms with van der Waals surface area (Å²) in [5.41, 5.74) is 2.88. The SMILES string of the molecule is Cc1cccc(C)c1NC(=O)[C@H](C)OC(=O)/C=C/c1ccc(-c2ccccc2F)o1. The standard InChI is InChI=1S/C24H22FNO4/c1-15-7-6-8-16(2)23(15)26-24(28)17(3)29-22(27)14-12-18-11-13-21(30-18)19-9-4-5-10-20(19)25/h4-14,17H,1-3H3,(H,26,28)/b14-12+/t17-/m0/s1. The van der Waals surface area contributed by atoms with Crippen LogP contribution in [0.1, 0.15) is 23.8 Å². The van der Waals surface area contributed by atoms with Crippen molar-refractivity contribution in [3.8, 4) is 11.3 Å². The van der Waals surface area contributed by atoms with Crippen molar-refractivity contribution >= 4 is 23.6 Å². The van der Waals surface area contributed by atoms with Crippen LogP contribution in [0.5, 0.6) is 0 Å². The van der Waals surface area contributed by atoms with Crippen molar-refractivity contribution in [1.29, 1.82) is 0 Å². The van der Waals surface area contributed by atoms with E-state index in [1.165, 1.54) is 19.1 Å². The maximum absolute atomic E-state index is 13.8. The number of aryl methyl sites for hydroxylation is 2. The van der Waals surface area contributed by atoms with E-state index in [0.717, 1.165) is 17.2 Å². The Morgan fingerprint density at radius 2 is 1.73 bits per heavy atom. The molecule has 0 spiro atoms. The molecule has 5 nitrogen and oxygen atoms in total. The van der Waals surface area contributed by atoms with Gasteiger partial charge in [-0.3, -0.25) is 4.79 Å². The predicted molar refractivity (Wildman–Crippen MR) is 113 cm³/mol. The highest BCUT2D eigenvalue weighted by Crippen LogP contribution is 2.25. The van der Waals surface area contributed by atoms with Crippen LogP contribution in [0.2, 0.25) is 0 Å². The third-order valence-electron chi connectivity index (χ3n) is 4.54. The second-order valence-electron chi connectivity index (χ2n) is 6.85. The Morgan fingerprint density at radius 3 is 2.43 bits per heavy atom. The van der Waals surface area contributed by atoms with Gasteiger partial charge >= 0.3 is 5.97 Å². The van der Waals surface area contributed by atoms with Crippen LogP contribution in [-0.4, -0.2) is 18.0 Å². The highest BCUT2D eigenvalue weighted by molar-refractivity contribution is 5.97. The molecule has 1 aromatic heterocycles. The third-order valence-corrected chi connectivity index (χ3v) is 4.54. The number of benzene rings is 2. The summed E-state index contributed by atoms with van der Waals surface area (Å²) in [6, 6.07) is 15.2. The fourth-order valence-electron chi connectivity index (χ4n) is 2.90. The number of halogens is 1. The number of ether oxygens (including phenoxy) is 1. The molecule has 30 heavy (non-hydrogen) atoms. The summed E-state index contributed by atoms with van der Waals surface area (Å²) in [4.78, 5) is 24.4. The molecule has 0 aliphatic heterocycles. The summed E-state index contributed by atoms with van der Waals surface area (Å²) in [5, 5.41) is 2.79. The van der Waals surface area contributed by atoms with Gasteiger partial charge in [0.25, 0.3) is 5.91 Å². The molecule has 0 aliphatic rings. The second-order valence-corrected chi connectivity index (χ2v) is 6.85. The monoisotopic (exact) mass is 407 g/mol. The molecule has 154 valence electrons. The van der Waals surface area contributed by atoms with Gasteiger partial charge < -0.3 is 14.5 Å². The molecule has 0 saturated heterocycles. The summed E-state index contributed by atoms with van der Waals surface area (Å²) in [5.74, 6) is -0.803. The van der Waals surface area contributed by atoms with Gasteiger partial charge in [0.05, 0.1) is 5.56 Å². The largest absolute Gasteiger partial charge is 0.457 e. The number of hydrogen-bond acceptors (Lipinski definition) is 4. The van der Waals surface area contributed by atoms with Crippen molar-refractivity contribution in [2.24, 2.45) is 0 Å². The van der Waals surface area contributed by atoms with E-state index in [4.69, 9.17) is 9.15 Å². The van der Waals surface area contributed by atoms with Gasteiger partial charge in [-0.15, -0.1) is 0 Å². The number of carbonyl (C=O) groups is 2. The van der Waals surface area contributed by atoms with Crippen LogP contribution in [0.25, 0.3) is 17.4 Å². The second kappa shape index (κ2) is 9.22. The van der Waals surface area contributed by atoms with E-state index in [1.807, 2.05) is 32.0 Å². The first-order chi connectivity index (χ1) is 14.3. The number of esters is 1. The maximum Gasteiger partial charge on any atom is 0.331 e. The lowest BCUT2D eigenvalue weighted by atomic mass is 10.1. The van der Waals surface area contributed by atoms with Crippen molar-refractivity contribution in [3.05, 3.63) is 83.4 Å². The smallest absolute Gasteiger partial charge is 0.331 e. The minimum Gasteiger partial charge on any atom is -0.457 e. The minimum absolute atomic E-state index is 0.330. The highest BCUT2D eigenvalue weighted by Gasteiger charge is 2.18. The summed E-state index contributed by atoms with van der Waals surface area (Å²) >= 11 is 0. The molecule has 1 heterocycles. The first-order valence-corrected chi connectivity index (χ1v) is 9.45. The Morgan fingerprint density at radius 1 is 1.03 bits per heavy atom. The van der Waals surface area contributed by atoms with Crippen LogP contribution in [0.15, 0.2) is 65.1 Å². The predicted octanol–water partition coefficient (Wildman–Crippen LogP) is 5.29. The zero-order chi connectivity index (χ0) is 21.7. The first kappa shape index (κ1) is 21.0. The van der Waals surface area contributed by atoms with Crippen molar-refractivity contribution < 1.29 is 23.1 Å². The fourth-order valence-corrected chi connectivity index (χ4v) is 2.90. The van der Waals surface area contributed by atoms with Gasteiger partial charge in [-0.05, 0) is 62.2 Å². The number of rotatable bonds is 6. The van der Waals surface area contributed by atoms with Gasteiger partial charge in [-0.1, -0.05) is 30.3 Å². The molecule has 0 radical (unpaired) electrons. The summed E-state index contributed by atoms with van der Waals surface area (Å²) in [6.07, 6.45) is 1.59. The first-order valence-electron chi connectivity index (χ1n) is 9.45. The summed E-state index contributed by atoms with van der Waals surface area (Å²) < 4.78 is 24.5. The van der Waals surface area contributed by atoms with Crippen molar-refractivity contribution in [1.82, 2.24) is 0 Å². The Hall–Kier alpha value is -3.67. The van der Waals surface area contributed by atoms with Crippen LogP contribution in [-0.2, 0) is 14.3 Å². The Bertz CT molecular complexity index is 1080. The van der Waals surface area contributed by atoms with Crippen molar-refractivity contribution in [3.63, 3.8) is 0 Å². The van der Waals surface area contributed by atoms with Gasteiger partial charge in [0.1, 0.15) is 17.3 Å². The number of furan rings is 1. The molecule has 6 heteroatoms. The van der Waals surface area contributed by atoms with Crippen molar-refractivity contribution in [2.45, 2.75) is 26.9 Å². The van der Waals surface area contributed by atoms with E-state index in [-0.39, 0.29) is 0 Å². The highest BCUT2D eigenvalue weighted by atomic mass is 19.1. The lowest BCUT2D eigenvalue weighted by Gasteiger charge is -2.15. The average Bonchev–Trinajstić information content (AvgIpc) is 3.18. The Balaban J connectivity index is 1.59. The third kappa shape index (κ3) is 5.03. The van der Waals surface area contributed by atoms with Crippen LogP contribution >= 0.6 is 0 Å². The molecule has 3 rings (SSSR count). The average molecular weight is 407 g/mol. The van der Waals surface area contributed by atoms with Gasteiger partial charge in [0, 0.05) is 11.8 Å². The van der Waals surface area contributed by atoms with E-state index >= 15 is 0 Å². The van der Waals surface area contributed by atoms with Crippen LogP contribution < -0.4 is 5.32 Å². The maximum atomic E-state index is 13.8. The van der Waals surface area contributed by atoms with Gasteiger partial charge in [-0.2, -0.15) is 0 Å². The molecule has 3 aromatic rings. The van der Waals surface area contributed by atoms with Crippen molar-refractivity contribution in [2.75, 3.05) is 5.32 Å². The molecular formula is C24H22FNO4. The van der Waals surface area contributed by atoms with E-state index in [1.54, 1.807) is 30.3 Å². The zero-order valence-corrected chi connectivity index (χ0v) is 16.9. The number of amides is 1. The Labute approximate surface area is 174 Å². The van der Waals surface area contributed by atoms with Gasteiger partial charge in [0.2, 0.25) is 0 Å². The number of nitrogens with one attached hydrogen (secondary N) is 1. The molecule has 1 amide bonds. The molecule has 0 fully saturated rings. The summed E-state index contributed by atoms with van der Waals surface area (Å²) in [7, 11) is 0. The van der Waals surface area contributed by atoms with E-state index in [0.29, 0.717) is 22.8 Å². The lowest BCUT2D eigenvalue weighted by Crippen LogP contribution is -2.30. The van der Waals surface area contributed by atoms with E-state index in [9.17, 15) is 14.0 Å². The van der Waals surface area contributed by atoms with Crippen LogP contribution in [0.3, 0.4) is 0 Å². The lowest BCUT2D eigenvalue weighted by molar-refractivity contribution is -0.148. The topological polar surface area (TPSA) is 68.5 Å². The number of para-hydroxylation sites is 1.